The molecule has 1 heterocycles. The summed E-state index contributed by atoms with van der Waals surface area (Å²) in [5.74, 6) is -0.312. The number of hydrogen-bond acceptors (Lipinski definition) is 5. The maximum absolute atomic E-state index is 12.4. The lowest BCUT2D eigenvalue weighted by Gasteiger charge is -2.28. The van der Waals surface area contributed by atoms with Crippen molar-refractivity contribution in [2.75, 3.05) is 62.0 Å². The third-order valence-electron chi connectivity index (χ3n) is 5.39. The van der Waals surface area contributed by atoms with Crippen LogP contribution in [0.15, 0.2) is 48.5 Å². The van der Waals surface area contributed by atoms with Crippen LogP contribution in [-0.4, -0.2) is 63.2 Å². The van der Waals surface area contributed by atoms with E-state index in [1.54, 1.807) is 11.9 Å². The van der Waals surface area contributed by atoms with Crippen LogP contribution in [0.5, 0.6) is 0 Å². The van der Waals surface area contributed by atoms with Gasteiger partial charge in [-0.2, -0.15) is 0 Å². The summed E-state index contributed by atoms with van der Waals surface area (Å²) in [6, 6.07) is 15.7. The average Bonchev–Trinajstić information content (AvgIpc) is 2.74. The second-order valence-corrected chi connectivity index (χ2v) is 9.24. The number of carbonyl (C=O) groups is 2. The predicted octanol–water partition coefficient (Wildman–Crippen LogP) is 3.33. The molecule has 0 unspecified atom stereocenters. The molecule has 1 fully saturated rings. The smallest absolute Gasteiger partial charge is 0.238 e. The van der Waals surface area contributed by atoms with E-state index < -0.39 is 0 Å². The molecule has 0 spiro atoms. The molecule has 2 aromatic rings. The molecule has 0 aliphatic carbocycles. The molecule has 0 atom stereocenters. The number of anilines is 3. The van der Waals surface area contributed by atoms with E-state index in [1.807, 2.05) is 48.5 Å². The Balaban J connectivity index is 1.43. The molecule has 172 valence electrons. The Hall–Kier alpha value is -2.90. The van der Waals surface area contributed by atoms with Crippen LogP contribution in [0.2, 0.25) is 0 Å². The van der Waals surface area contributed by atoms with Gasteiger partial charge in [-0.05, 0) is 54.4 Å². The fourth-order valence-corrected chi connectivity index (χ4v) is 3.58. The first kappa shape index (κ1) is 23.8. The van der Waals surface area contributed by atoms with Gasteiger partial charge in [-0.1, -0.05) is 32.9 Å². The van der Waals surface area contributed by atoms with Gasteiger partial charge in [0.25, 0.3) is 0 Å². The summed E-state index contributed by atoms with van der Waals surface area (Å²) in [4.78, 5) is 28.7. The van der Waals surface area contributed by atoms with E-state index in [0.717, 1.165) is 43.4 Å². The molecule has 1 saturated heterocycles. The predicted molar refractivity (Wildman–Crippen MR) is 129 cm³/mol. The molecule has 1 aliphatic heterocycles. The highest BCUT2D eigenvalue weighted by Crippen LogP contribution is 2.23. The lowest BCUT2D eigenvalue weighted by molar-refractivity contribution is -0.119. The molecular weight excluding hydrogens is 404 g/mol. The molecule has 0 saturated carbocycles. The summed E-state index contributed by atoms with van der Waals surface area (Å²) in [5.41, 5.74) is 3.89. The number of likely N-dealkylation sites (N-methyl/N-ethyl adjacent to an activating group) is 1. The van der Waals surface area contributed by atoms with Gasteiger partial charge in [-0.3, -0.25) is 14.5 Å². The molecule has 7 heteroatoms. The van der Waals surface area contributed by atoms with Crippen molar-refractivity contribution in [2.24, 2.45) is 0 Å². The highest BCUT2D eigenvalue weighted by Gasteiger charge is 2.15. The minimum absolute atomic E-state index is 0.0684. The number of carbonyl (C=O) groups excluding carboxylic acids is 2. The molecule has 7 nitrogen and oxygen atoms in total. The molecule has 2 aromatic carbocycles. The lowest BCUT2D eigenvalue weighted by Crippen LogP contribution is -2.36. The van der Waals surface area contributed by atoms with Crippen LogP contribution in [-0.2, 0) is 19.7 Å². The van der Waals surface area contributed by atoms with Crippen LogP contribution in [0.25, 0.3) is 0 Å². The zero-order chi connectivity index (χ0) is 23.1. The van der Waals surface area contributed by atoms with Gasteiger partial charge in [-0.25, -0.2) is 0 Å². The van der Waals surface area contributed by atoms with Crippen molar-refractivity contribution in [3.63, 3.8) is 0 Å². The van der Waals surface area contributed by atoms with Crippen molar-refractivity contribution in [3.8, 4) is 0 Å². The second-order valence-electron chi connectivity index (χ2n) is 9.24. The Kier molecular flexibility index (Phi) is 7.88. The fourth-order valence-electron chi connectivity index (χ4n) is 3.58. The summed E-state index contributed by atoms with van der Waals surface area (Å²) >= 11 is 0. The highest BCUT2D eigenvalue weighted by molar-refractivity contribution is 5.94. The van der Waals surface area contributed by atoms with Crippen LogP contribution >= 0.6 is 0 Å². The first-order valence-corrected chi connectivity index (χ1v) is 11.0. The molecular formula is C25H34N4O3. The molecule has 0 radical (unpaired) electrons. The number of amides is 2. The molecule has 3 rings (SSSR count). The zero-order valence-electron chi connectivity index (χ0n) is 19.5. The third-order valence-corrected chi connectivity index (χ3v) is 5.39. The quantitative estimate of drug-likeness (QED) is 0.694. The maximum Gasteiger partial charge on any atom is 0.238 e. The molecule has 32 heavy (non-hydrogen) atoms. The lowest BCUT2D eigenvalue weighted by atomic mass is 9.87. The Morgan fingerprint density at radius 1 is 0.875 bits per heavy atom. The van der Waals surface area contributed by atoms with Crippen LogP contribution in [0.4, 0.5) is 17.1 Å². The largest absolute Gasteiger partial charge is 0.378 e. The van der Waals surface area contributed by atoms with Gasteiger partial charge in [0.05, 0.1) is 26.3 Å². The Morgan fingerprint density at radius 2 is 1.34 bits per heavy atom. The van der Waals surface area contributed by atoms with E-state index in [4.69, 9.17) is 4.74 Å². The van der Waals surface area contributed by atoms with E-state index in [9.17, 15) is 9.59 Å². The first-order valence-electron chi connectivity index (χ1n) is 11.0. The van der Waals surface area contributed by atoms with Gasteiger partial charge in [0.1, 0.15) is 0 Å². The highest BCUT2D eigenvalue weighted by atomic mass is 16.5. The summed E-state index contributed by atoms with van der Waals surface area (Å²) in [7, 11) is 1.75. The number of nitrogens with zero attached hydrogens (tertiary/aromatic N) is 2. The molecule has 0 bridgehead atoms. The van der Waals surface area contributed by atoms with Crippen molar-refractivity contribution >= 4 is 28.9 Å². The fraction of sp³-hybridized carbons (Fsp3) is 0.440. The third kappa shape index (κ3) is 7.07. The van der Waals surface area contributed by atoms with Gasteiger partial charge in [0.15, 0.2) is 0 Å². The number of hydrogen-bond donors (Lipinski definition) is 2. The SMILES string of the molecule is CN(CC(=O)Nc1ccc(N2CCOCC2)cc1)CC(=O)Nc1ccc(C(C)(C)C)cc1. The van der Waals surface area contributed by atoms with Crippen LogP contribution in [0, 0.1) is 0 Å². The topological polar surface area (TPSA) is 73.9 Å². The van der Waals surface area contributed by atoms with E-state index in [2.05, 4.69) is 36.3 Å². The van der Waals surface area contributed by atoms with E-state index >= 15 is 0 Å². The van der Waals surface area contributed by atoms with Gasteiger partial charge in [0.2, 0.25) is 11.8 Å². The Morgan fingerprint density at radius 3 is 1.81 bits per heavy atom. The molecule has 1 aliphatic rings. The molecule has 2 amide bonds. The average molecular weight is 439 g/mol. The van der Waals surface area contributed by atoms with Crippen LogP contribution in [0.1, 0.15) is 26.3 Å². The van der Waals surface area contributed by atoms with Crippen LogP contribution in [0.3, 0.4) is 0 Å². The Labute approximate surface area is 190 Å². The Bertz CT molecular complexity index is 898. The maximum atomic E-state index is 12.4. The monoisotopic (exact) mass is 438 g/mol. The van der Waals surface area contributed by atoms with E-state index in [0.29, 0.717) is 0 Å². The van der Waals surface area contributed by atoms with E-state index in [1.165, 1.54) is 5.56 Å². The van der Waals surface area contributed by atoms with Gasteiger partial charge < -0.3 is 20.3 Å². The summed E-state index contributed by atoms with van der Waals surface area (Å²) in [6.45, 7) is 9.93. The second kappa shape index (κ2) is 10.6. The minimum atomic E-state index is -0.158. The molecule has 0 aromatic heterocycles. The summed E-state index contributed by atoms with van der Waals surface area (Å²) < 4.78 is 5.38. The van der Waals surface area contributed by atoms with E-state index in [-0.39, 0.29) is 30.3 Å². The number of nitrogens with one attached hydrogen (secondary N) is 2. The van der Waals surface area contributed by atoms with Crippen molar-refractivity contribution < 1.29 is 14.3 Å². The van der Waals surface area contributed by atoms with Crippen LogP contribution < -0.4 is 15.5 Å². The number of benzene rings is 2. The van der Waals surface area contributed by atoms with Crippen molar-refractivity contribution in [1.29, 1.82) is 0 Å². The number of morpholine rings is 1. The standard InChI is InChI=1S/C25H34N4O3/c1-25(2,3)19-5-7-20(8-6-19)26-23(30)17-28(4)18-24(31)27-21-9-11-22(12-10-21)29-13-15-32-16-14-29/h5-12H,13-18H2,1-4H3,(H,26,30)(H,27,31). The normalized spacial score (nSPS) is 14.3. The van der Waals surface area contributed by atoms with Gasteiger partial charge in [-0.15, -0.1) is 0 Å². The van der Waals surface area contributed by atoms with Crippen molar-refractivity contribution in [3.05, 3.63) is 54.1 Å². The molecule has 2 N–H and O–H groups in total. The summed E-state index contributed by atoms with van der Waals surface area (Å²) in [6.07, 6.45) is 0. The van der Waals surface area contributed by atoms with Gasteiger partial charge in [0, 0.05) is 30.2 Å². The number of ether oxygens (including phenoxy) is 1. The number of rotatable bonds is 7. The first-order chi connectivity index (χ1) is 15.2. The zero-order valence-corrected chi connectivity index (χ0v) is 19.5. The van der Waals surface area contributed by atoms with Crippen molar-refractivity contribution in [1.82, 2.24) is 4.90 Å². The summed E-state index contributed by atoms with van der Waals surface area (Å²) in [5, 5.41) is 5.78. The van der Waals surface area contributed by atoms with Crippen molar-refractivity contribution in [2.45, 2.75) is 26.2 Å². The van der Waals surface area contributed by atoms with Gasteiger partial charge >= 0.3 is 0 Å². The minimum Gasteiger partial charge on any atom is -0.378 e.